The second-order valence-electron chi connectivity index (χ2n) is 7.05. The average Bonchev–Trinajstić information content (AvgIpc) is 2.18. The molecule has 18 heavy (non-hydrogen) atoms. The van der Waals surface area contributed by atoms with Gasteiger partial charge in [-0.15, -0.1) is 0 Å². The van der Waals surface area contributed by atoms with Gasteiger partial charge < -0.3 is 9.84 Å². The van der Waals surface area contributed by atoms with Gasteiger partial charge in [-0.1, -0.05) is 53.1 Å². The summed E-state index contributed by atoms with van der Waals surface area (Å²) in [7, 11) is 1.60. The molecule has 1 aliphatic rings. The van der Waals surface area contributed by atoms with E-state index in [1.54, 1.807) is 7.11 Å². The SMILES string of the molecule is COC1(Cl)C=C(C(C)(C)C)C(O)=C(C(C)(C)C)C1. The summed E-state index contributed by atoms with van der Waals surface area (Å²) in [4.78, 5) is 0. The van der Waals surface area contributed by atoms with Crippen LogP contribution in [0.5, 0.6) is 0 Å². The molecule has 0 spiro atoms. The zero-order valence-electron chi connectivity index (χ0n) is 12.5. The molecule has 1 unspecified atom stereocenters. The minimum absolute atomic E-state index is 0.131. The molecule has 0 aliphatic heterocycles. The van der Waals surface area contributed by atoms with Crippen molar-refractivity contribution in [3.8, 4) is 0 Å². The maximum absolute atomic E-state index is 10.5. The fourth-order valence-corrected chi connectivity index (χ4v) is 2.39. The van der Waals surface area contributed by atoms with Crippen molar-refractivity contribution in [1.29, 1.82) is 0 Å². The van der Waals surface area contributed by atoms with Crippen LogP contribution in [0.2, 0.25) is 0 Å². The highest BCUT2D eigenvalue weighted by atomic mass is 35.5. The number of allylic oxidation sites excluding steroid dienone is 1. The van der Waals surface area contributed by atoms with Gasteiger partial charge >= 0.3 is 0 Å². The van der Waals surface area contributed by atoms with Crippen LogP contribution in [-0.2, 0) is 4.74 Å². The van der Waals surface area contributed by atoms with Crippen LogP contribution in [0.15, 0.2) is 23.0 Å². The molecule has 0 saturated heterocycles. The van der Waals surface area contributed by atoms with Gasteiger partial charge in [-0.25, -0.2) is 0 Å². The monoisotopic (exact) mass is 272 g/mol. The molecule has 0 fully saturated rings. The van der Waals surface area contributed by atoms with E-state index < -0.39 is 5.06 Å². The summed E-state index contributed by atoms with van der Waals surface area (Å²) in [5.41, 5.74) is 1.51. The standard InChI is InChI=1S/C15H25ClO2/c1-13(2,3)10-8-15(16,18-7)9-11(12(10)17)14(4,5)6/h8,17H,9H2,1-7H3. The molecular formula is C15H25ClO2. The molecular weight excluding hydrogens is 248 g/mol. The molecule has 0 saturated carbocycles. The molecule has 2 nitrogen and oxygen atoms in total. The maximum atomic E-state index is 10.5. The fourth-order valence-electron chi connectivity index (χ4n) is 2.15. The van der Waals surface area contributed by atoms with Gasteiger partial charge in [-0.2, -0.15) is 0 Å². The molecule has 3 heteroatoms. The number of methoxy groups -OCH3 is 1. The first-order valence-electron chi connectivity index (χ1n) is 6.31. The van der Waals surface area contributed by atoms with Gasteiger partial charge in [0.15, 0.2) is 5.06 Å². The predicted octanol–water partition coefficient (Wildman–Crippen LogP) is 4.80. The minimum atomic E-state index is -0.850. The van der Waals surface area contributed by atoms with Gasteiger partial charge in [0.2, 0.25) is 0 Å². The largest absolute Gasteiger partial charge is 0.508 e. The molecule has 0 bridgehead atoms. The Morgan fingerprint density at radius 2 is 1.67 bits per heavy atom. The Morgan fingerprint density at radius 1 is 1.17 bits per heavy atom. The highest BCUT2D eigenvalue weighted by Gasteiger charge is 2.40. The van der Waals surface area contributed by atoms with Crippen molar-refractivity contribution >= 4 is 11.6 Å². The zero-order valence-corrected chi connectivity index (χ0v) is 13.3. The van der Waals surface area contributed by atoms with Crippen LogP contribution in [-0.4, -0.2) is 17.3 Å². The Bertz CT molecular complexity index is 394. The van der Waals surface area contributed by atoms with Gasteiger partial charge in [0, 0.05) is 13.5 Å². The van der Waals surface area contributed by atoms with Gasteiger partial charge in [-0.05, 0) is 28.1 Å². The van der Waals surface area contributed by atoms with Crippen molar-refractivity contribution in [1.82, 2.24) is 0 Å². The Labute approximate surface area is 116 Å². The summed E-state index contributed by atoms with van der Waals surface area (Å²) in [5, 5.41) is 9.68. The smallest absolute Gasteiger partial charge is 0.164 e. The first kappa shape index (κ1) is 15.6. The highest BCUT2D eigenvalue weighted by molar-refractivity contribution is 6.24. The lowest BCUT2D eigenvalue weighted by Crippen LogP contribution is -2.33. The Hall–Kier alpha value is -0.470. The lowest BCUT2D eigenvalue weighted by atomic mass is 9.73. The molecule has 0 heterocycles. The molecule has 0 amide bonds. The number of aliphatic hydroxyl groups is 1. The van der Waals surface area contributed by atoms with Crippen LogP contribution in [0.4, 0.5) is 0 Å². The van der Waals surface area contributed by atoms with Crippen LogP contribution >= 0.6 is 11.6 Å². The summed E-state index contributed by atoms with van der Waals surface area (Å²) >= 11 is 6.48. The van der Waals surface area contributed by atoms with E-state index in [0.717, 1.165) is 11.1 Å². The molecule has 1 rings (SSSR count). The van der Waals surface area contributed by atoms with Crippen molar-refractivity contribution in [2.45, 2.75) is 53.0 Å². The Kier molecular flexibility index (Phi) is 3.96. The normalized spacial score (nSPS) is 26.3. The van der Waals surface area contributed by atoms with E-state index in [9.17, 15) is 5.11 Å². The van der Waals surface area contributed by atoms with Crippen LogP contribution in [0.25, 0.3) is 0 Å². The maximum Gasteiger partial charge on any atom is 0.164 e. The van der Waals surface area contributed by atoms with Crippen LogP contribution < -0.4 is 0 Å². The number of hydrogen-bond acceptors (Lipinski definition) is 2. The second kappa shape index (κ2) is 4.57. The van der Waals surface area contributed by atoms with Crippen LogP contribution in [0.1, 0.15) is 48.0 Å². The van der Waals surface area contributed by atoms with Gasteiger partial charge in [0.1, 0.15) is 5.76 Å². The quantitative estimate of drug-likeness (QED) is 0.695. The van der Waals surface area contributed by atoms with Gasteiger partial charge in [0.25, 0.3) is 0 Å². The van der Waals surface area contributed by atoms with Gasteiger partial charge in [0.05, 0.1) is 0 Å². The van der Waals surface area contributed by atoms with Crippen LogP contribution in [0.3, 0.4) is 0 Å². The number of hydrogen-bond donors (Lipinski definition) is 1. The third-order valence-electron chi connectivity index (χ3n) is 3.37. The summed E-state index contributed by atoms with van der Waals surface area (Å²) < 4.78 is 5.42. The zero-order chi connectivity index (χ0) is 14.4. The lowest BCUT2D eigenvalue weighted by molar-refractivity contribution is 0.0929. The average molecular weight is 273 g/mol. The van der Waals surface area contributed by atoms with Crippen molar-refractivity contribution < 1.29 is 9.84 Å². The van der Waals surface area contributed by atoms with E-state index in [1.807, 2.05) is 6.08 Å². The van der Waals surface area contributed by atoms with E-state index >= 15 is 0 Å². The first-order chi connectivity index (χ1) is 7.91. The minimum Gasteiger partial charge on any atom is -0.508 e. The molecule has 0 aromatic carbocycles. The Balaban J connectivity index is 3.41. The predicted molar refractivity (Wildman–Crippen MR) is 76.9 cm³/mol. The van der Waals surface area contributed by atoms with Gasteiger partial charge in [-0.3, -0.25) is 0 Å². The third kappa shape index (κ3) is 3.10. The van der Waals surface area contributed by atoms with E-state index in [2.05, 4.69) is 41.5 Å². The number of ether oxygens (including phenoxy) is 1. The number of aliphatic hydroxyl groups excluding tert-OH is 1. The number of rotatable bonds is 1. The lowest BCUT2D eigenvalue weighted by Gasteiger charge is -2.38. The van der Waals surface area contributed by atoms with Crippen molar-refractivity contribution in [2.24, 2.45) is 10.8 Å². The summed E-state index contributed by atoms with van der Waals surface area (Å²) in [6.07, 6.45) is 2.36. The van der Waals surface area contributed by atoms with Crippen molar-refractivity contribution in [3.63, 3.8) is 0 Å². The van der Waals surface area contributed by atoms with E-state index in [0.29, 0.717) is 12.2 Å². The summed E-state index contributed by atoms with van der Waals surface area (Å²) in [5.74, 6) is 0.378. The molecule has 0 radical (unpaired) electrons. The van der Waals surface area contributed by atoms with Crippen LogP contribution in [0, 0.1) is 10.8 Å². The Morgan fingerprint density at radius 3 is 2.00 bits per heavy atom. The van der Waals surface area contributed by atoms with Crippen molar-refractivity contribution in [2.75, 3.05) is 7.11 Å². The number of alkyl halides is 1. The fraction of sp³-hybridized carbons (Fsp3) is 0.733. The highest BCUT2D eigenvalue weighted by Crippen LogP contribution is 2.47. The van der Waals surface area contributed by atoms with Crippen molar-refractivity contribution in [3.05, 3.63) is 23.0 Å². The number of halogens is 1. The first-order valence-corrected chi connectivity index (χ1v) is 6.69. The molecule has 1 aliphatic carbocycles. The molecule has 1 atom stereocenters. The van der Waals surface area contributed by atoms with E-state index in [-0.39, 0.29) is 10.8 Å². The molecule has 1 N–H and O–H groups in total. The summed E-state index contributed by atoms with van der Waals surface area (Å²) in [6.45, 7) is 12.4. The third-order valence-corrected chi connectivity index (χ3v) is 3.77. The van der Waals surface area contributed by atoms with E-state index in [1.165, 1.54) is 0 Å². The molecule has 0 aromatic rings. The molecule has 0 aromatic heterocycles. The summed E-state index contributed by atoms with van der Waals surface area (Å²) in [6, 6.07) is 0. The molecule has 104 valence electrons. The second-order valence-corrected chi connectivity index (χ2v) is 7.69. The topological polar surface area (TPSA) is 29.5 Å². The van der Waals surface area contributed by atoms with E-state index in [4.69, 9.17) is 16.3 Å².